The van der Waals surface area contributed by atoms with Crippen molar-refractivity contribution in [2.45, 2.75) is 12.5 Å². The number of rotatable bonds is 4. The van der Waals surface area contributed by atoms with E-state index in [0.717, 1.165) is 18.1 Å². The second-order valence-corrected chi connectivity index (χ2v) is 5.96. The van der Waals surface area contributed by atoms with Crippen LogP contribution in [0.2, 0.25) is 5.02 Å². The Kier molecular flexibility index (Phi) is 5.22. The van der Waals surface area contributed by atoms with Gasteiger partial charge in [-0.05, 0) is 6.07 Å². The van der Waals surface area contributed by atoms with E-state index in [1.165, 1.54) is 18.2 Å². The first kappa shape index (κ1) is 15.1. The topological polar surface area (TPSA) is 84.3 Å². The van der Waals surface area contributed by atoms with E-state index in [4.69, 9.17) is 11.6 Å². The first-order valence-electron chi connectivity index (χ1n) is 6.11. The van der Waals surface area contributed by atoms with E-state index in [9.17, 15) is 14.9 Å². The van der Waals surface area contributed by atoms with Crippen molar-refractivity contribution < 1.29 is 9.72 Å². The molecule has 6 nitrogen and oxygen atoms in total. The summed E-state index contributed by atoms with van der Waals surface area (Å²) in [5.41, 5.74) is 0.172. The molecule has 1 heterocycles. The Balaban J connectivity index is 1.99. The Hall–Kier alpha value is -1.31. The zero-order chi connectivity index (χ0) is 14.5. The summed E-state index contributed by atoms with van der Waals surface area (Å²) in [5, 5.41) is 16.9. The van der Waals surface area contributed by atoms with Gasteiger partial charge in [-0.1, -0.05) is 11.6 Å². The lowest BCUT2D eigenvalue weighted by Crippen LogP contribution is -2.39. The number of nitrogens with zero attached hydrogens (tertiary/aromatic N) is 1. The number of carbonyl (C=O) groups excluding carboxylic acids is 1. The van der Waals surface area contributed by atoms with Crippen LogP contribution < -0.4 is 10.6 Å². The van der Waals surface area contributed by atoms with Gasteiger partial charge in [0.1, 0.15) is 0 Å². The van der Waals surface area contributed by atoms with Crippen LogP contribution in [0.4, 0.5) is 11.4 Å². The summed E-state index contributed by atoms with van der Waals surface area (Å²) in [5.74, 6) is 1.73. The van der Waals surface area contributed by atoms with E-state index < -0.39 is 4.92 Å². The third kappa shape index (κ3) is 4.09. The summed E-state index contributed by atoms with van der Waals surface area (Å²) in [6.07, 6.45) is 0.325. The van der Waals surface area contributed by atoms with Crippen LogP contribution in [-0.4, -0.2) is 34.9 Å². The summed E-state index contributed by atoms with van der Waals surface area (Å²) in [6, 6.07) is 4.11. The molecule has 8 heteroatoms. The molecular weight excluding hydrogens is 302 g/mol. The Morgan fingerprint density at radius 1 is 1.60 bits per heavy atom. The van der Waals surface area contributed by atoms with Crippen LogP contribution >= 0.6 is 23.4 Å². The molecule has 1 atom stereocenters. The van der Waals surface area contributed by atoms with Gasteiger partial charge in [0.2, 0.25) is 5.91 Å². The third-order valence-corrected chi connectivity index (χ3v) is 4.33. The van der Waals surface area contributed by atoms with Crippen LogP contribution in [0.5, 0.6) is 0 Å². The molecule has 1 aromatic rings. The fourth-order valence-corrected chi connectivity index (χ4v) is 3.01. The molecule has 2 rings (SSSR count). The highest BCUT2D eigenvalue weighted by Crippen LogP contribution is 2.27. The minimum atomic E-state index is -0.523. The first-order chi connectivity index (χ1) is 9.56. The van der Waals surface area contributed by atoms with Gasteiger partial charge in [-0.25, -0.2) is 0 Å². The van der Waals surface area contributed by atoms with Gasteiger partial charge in [0.15, 0.2) is 0 Å². The number of hydrogen-bond donors (Lipinski definition) is 2. The second kappa shape index (κ2) is 6.92. The highest BCUT2D eigenvalue weighted by Gasteiger charge is 2.18. The second-order valence-electron chi connectivity index (χ2n) is 4.40. The maximum Gasteiger partial charge on any atom is 0.271 e. The number of nitro benzene ring substituents is 1. The fraction of sp³-hybridized carbons (Fsp3) is 0.417. The van der Waals surface area contributed by atoms with E-state index in [1.807, 2.05) is 0 Å². The molecule has 108 valence electrons. The normalized spacial score (nSPS) is 18.6. The number of hydrogen-bond acceptors (Lipinski definition) is 5. The molecule has 1 saturated heterocycles. The molecule has 0 aliphatic carbocycles. The largest absolute Gasteiger partial charge is 0.325 e. The number of non-ortho nitro benzene ring substituents is 1. The van der Waals surface area contributed by atoms with Gasteiger partial charge in [0, 0.05) is 42.6 Å². The summed E-state index contributed by atoms with van der Waals surface area (Å²) in [6.45, 7) is 0.889. The zero-order valence-corrected chi connectivity index (χ0v) is 12.2. The molecule has 0 bridgehead atoms. The van der Waals surface area contributed by atoms with Crippen molar-refractivity contribution in [3.05, 3.63) is 33.3 Å². The molecule has 1 unspecified atom stereocenters. The number of halogens is 1. The lowest BCUT2D eigenvalue weighted by atomic mass is 10.2. The van der Waals surface area contributed by atoms with E-state index in [-0.39, 0.29) is 28.3 Å². The molecule has 2 N–H and O–H groups in total. The van der Waals surface area contributed by atoms with E-state index >= 15 is 0 Å². The summed E-state index contributed by atoms with van der Waals surface area (Å²) in [4.78, 5) is 22.1. The third-order valence-electron chi connectivity index (χ3n) is 2.87. The van der Waals surface area contributed by atoms with Crippen molar-refractivity contribution in [1.82, 2.24) is 5.32 Å². The number of benzene rings is 1. The van der Waals surface area contributed by atoms with Crippen molar-refractivity contribution >= 4 is 40.6 Å². The molecular formula is C12H14ClN3O3S. The molecule has 0 saturated carbocycles. The van der Waals surface area contributed by atoms with E-state index in [2.05, 4.69) is 10.6 Å². The van der Waals surface area contributed by atoms with Gasteiger partial charge in [-0.15, -0.1) is 0 Å². The van der Waals surface area contributed by atoms with Crippen LogP contribution in [0, 0.1) is 10.1 Å². The number of nitrogens with one attached hydrogen (secondary N) is 2. The molecule has 1 aromatic carbocycles. The standard InChI is InChI=1S/C12H14ClN3O3S/c13-10-2-1-9(16(18)19)6-11(10)15-12(17)5-8-7-20-4-3-14-8/h1-2,6,8,14H,3-5,7H2,(H,15,17). The number of nitro groups is 1. The Bertz CT molecular complexity index is 521. The lowest BCUT2D eigenvalue weighted by molar-refractivity contribution is -0.384. The average molecular weight is 316 g/mol. The average Bonchev–Trinajstić information content (AvgIpc) is 2.42. The summed E-state index contributed by atoms with van der Waals surface area (Å²) >= 11 is 7.73. The maximum atomic E-state index is 11.9. The minimum absolute atomic E-state index is 0.101. The molecule has 0 radical (unpaired) electrons. The monoisotopic (exact) mass is 315 g/mol. The van der Waals surface area contributed by atoms with Crippen LogP contribution in [0.15, 0.2) is 18.2 Å². The zero-order valence-electron chi connectivity index (χ0n) is 10.6. The molecule has 1 fully saturated rings. The van der Waals surface area contributed by atoms with Gasteiger partial charge >= 0.3 is 0 Å². The van der Waals surface area contributed by atoms with Crippen LogP contribution in [-0.2, 0) is 4.79 Å². The first-order valence-corrected chi connectivity index (χ1v) is 7.64. The van der Waals surface area contributed by atoms with Crippen molar-refractivity contribution in [3.63, 3.8) is 0 Å². The highest BCUT2D eigenvalue weighted by atomic mass is 35.5. The van der Waals surface area contributed by atoms with Gasteiger partial charge < -0.3 is 10.6 Å². The van der Waals surface area contributed by atoms with Gasteiger partial charge in [-0.3, -0.25) is 14.9 Å². The maximum absolute atomic E-state index is 11.9. The minimum Gasteiger partial charge on any atom is -0.325 e. The Morgan fingerprint density at radius 3 is 3.05 bits per heavy atom. The molecule has 1 aliphatic heterocycles. The SMILES string of the molecule is O=C(CC1CSCCN1)Nc1cc([N+](=O)[O-])ccc1Cl. The predicted octanol–water partition coefficient (Wildman–Crippen LogP) is 2.28. The number of carbonyl (C=O) groups is 1. The smallest absolute Gasteiger partial charge is 0.271 e. The fourth-order valence-electron chi connectivity index (χ4n) is 1.90. The van der Waals surface area contributed by atoms with Gasteiger partial charge in [0.05, 0.1) is 15.6 Å². The molecule has 20 heavy (non-hydrogen) atoms. The van der Waals surface area contributed by atoms with Crippen LogP contribution in [0.1, 0.15) is 6.42 Å². The number of thioether (sulfide) groups is 1. The lowest BCUT2D eigenvalue weighted by Gasteiger charge is -2.22. The highest BCUT2D eigenvalue weighted by molar-refractivity contribution is 7.99. The van der Waals surface area contributed by atoms with Gasteiger partial charge in [0.25, 0.3) is 5.69 Å². The quantitative estimate of drug-likeness (QED) is 0.658. The van der Waals surface area contributed by atoms with Crippen molar-refractivity contribution in [2.24, 2.45) is 0 Å². The van der Waals surface area contributed by atoms with E-state index in [0.29, 0.717) is 6.42 Å². The molecule has 0 aromatic heterocycles. The van der Waals surface area contributed by atoms with Crippen molar-refractivity contribution in [2.75, 3.05) is 23.4 Å². The van der Waals surface area contributed by atoms with Crippen LogP contribution in [0.25, 0.3) is 0 Å². The molecule has 1 amide bonds. The van der Waals surface area contributed by atoms with Gasteiger partial charge in [-0.2, -0.15) is 11.8 Å². The van der Waals surface area contributed by atoms with Crippen LogP contribution in [0.3, 0.4) is 0 Å². The molecule has 1 aliphatic rings. The van der Waals surface area contributed by atoms with E-state index in [1.54, 1.807) is 11.8 Å². The molecule has 0 spiro atoms. The predicted molar refractivity (Wildman–Crippen MR) is 80.5 cm³/mol. The number of amides is 1. The summed E-state index contributed by atoms with van der Waals surface area (Å²) < 4.78 is 0. The Labute approximate surface area is 125 Å². The van der Waals surface area contributed by atoms with Crippen molar-refractivity contribution in [1.29, 1.82) is 0 Å². The van der Waals surface area contributed by atoms with Crippen molar-refractivity contribution in [3.8, 4) is 0 Å². The summed E-state index contributed by atoms with van der Waals surface area (Å²) in [7, 11) is 0. The number of anilines is 1. The Morgan fingerprint density at radius 2 is 2.40 bits per heavy atom.